The van der Waals surface area contributed by atoms with Gasteiger partial charge < -0.3 is 10.1 Å². The van der Waals surface area contributed by atoms with E-state index in [1.807, 2.05) is 6.92 Å². The van der Waals surface area contributed by atoms with Crippen molar-refractivity contribution in [2.45, 2.75) is 26.3 Å². The van der Waals surface area contributed by atoms with Gasteiger partial charge in [0.25, 0.3) is 5.69 Å². The van der Waals surface area contributed by atoms with E-state index in [9.17, 15) is 23.3 Å². The average Bonchev–Trinajstić information content (AvgIpc) is 2.67. The third-order valence-electron chi connectivity index (χ3n) is 4.34. The summed E-state index contributed by atoms with van der Waals surface area (Å²) in [7, 11) is -2.42. The minimum atomic E-state index is -3.78. The van der Waals surface area contributed by atoms with Crippen LogP contribution in [0, 0.1) is 10.1 Å². The van der Waals surface area contributed by atoms with Crippen LogP contribution in [0.15, 0.2) is 42.5 Å². The van der Waals surface area contributed by atoms with Gasteiger partial charge in [-0.3, -0.25) is 19.2 Å². The number of aryl methyl sites for hydroxylation is 1. The molecule has 0 fully saturated rings. The number of methoxy groups -OCH3 is 1. The number of nitro benzene ring substituents is 1. The summed E-state index contributed by atoms with van der Waals surface area (Å²) >= 11 is 0. The van der Waals surface area contributed by atoms with Gasteiger partial charge >= 0.3 is 0 Å². The number of rotatable bonds is 8. The first-order chi connectivity index (χ1) is 13.6. The summed E-state index contributed by atoms with van der Waals surface area (Å²) in [6.07, 6.45) is 1.81. The van der Waals surface area contributed by atoms with E-state index < -0.39 is 26.9 Å². The van der Waals surface area contributed by atoms with Gasteiger partial charge in [0.05, 0.1) is 29.7 Å². The molecule has 10 heteroatoms. The minimum absolute atomic E-state index is 0.0772. The standard InChI is InChI=1S/C19H23N3O6S/c1-5-14-6-8-15(9-7-14)21(29(4,26)27)13(2)19(23)20-17-12-16(22(24)25)10-11-18(17)28-3/h6-13H,5H2,1-4H3,(H,20,23)/t13-/m0/s1. The quantitative estimate of drug-likeness (QED) is 0.517. The Labute approximate surface area is 169 Å². The number of benzene rings is 2. The molecule has 1 N–H and O–H groups in total. The molecule has 0 saturated heterocycles. The van der Waals surface area contributed by atoms with Crippen molar-refractivity contribution in [2.24, 2.45) is 0 Å². The Morgan fingerprint density at radius 3 is 2.34 bits per heavy atom. The number of non-ortho nitro benzene ring substituents is 1. The Morgan fingerprint density at radius 2 is 1.86 bits per heavy atom. The lowest BCUT2D eigenvalue weighted by Gasteiger charge is -2.28. The second-order valence-electron chi connectivity index (χ2n) is 6.39. The lowest BCUT2D eigenvalue weighted by atomic mass is 10.1. The Balaban J connectivity index is 2.37. The van der Waals surface area contributed by atoms with Gasteiger partial charge in [-0.25, -0.2) is 8.42 Å². The first-order valence-corrected chi connectivity index (χ1v) is 10.6. The van der Waals surface area contributed by atoms with E-state index in [0.29, 0.717) is 5.69 Å². The van der Waals surface area contributed by atoms with Gasteiger partial charge in [-0.15, -0.1) is 0 Å². The summed E-state index contributed by atoms with van der Waals surface area (Å²) in [6.45, 7) is 3.42. The van der Waals surface area contributed by atoms with Crippen LogP contribution < -0.4 is 14.4 Å². The number of nitro groups is 1. The number of amides is 1. The van der Waals surface area contributed by atoms with Crippen LogP contribution >= 0.6 is 0 Å². The number of hydrogen-bond donors (Lipinski definition) is 1. The molecule has 0 aliphatic carbocycles. The number of anilines is 2. The highest BCUT2D eigenvalue weighted by atomic mass is 32.2. The minimum Gasteiger partial charge on any atom is -0.495 e. The fraction of sp³-hybridized carbons (Fsp3) is 0.316. The predicted octanol–water partition coefficient (Wildman–Crippen LogP) is 2.96. The van der Waals surface area contributed by atoms with Gasteiger partial charge in [-0.2, -0.15) is 0 Å². The number of sulfonamides is 1. The lowest BCUT2D eigenvalue weighted by Crippen LogP contribution is -2.45. The van der Waals surface area contributed by atoms with Crippen LogP contribution in [0.5, 0.6) is 5.75 Å². The van der Waals surface area contributed by atoms with Crippen LogP contribution in [0.4, 0.5) is 17.1 Å². The molecule has 0 unspecified atom stereocenters. The second-order valence-corrected chi connectivity index (χ2v) is 8.25. The fourth-order valence-electron chi connectivity index (χ4n) is 2.83. The fourth-order valence-corrected chi connectivity index (χ4v) is 4.01. The van der Waals surface area contributed by atoms with E-state index >= 15 is 0 Å². The van der Waals surface area contributed by atoms with Crippen molar-refractivity contribution < 1.29 is 22.9 Å². The molecule has 1 atom stereocenters. The highest BCUT2D eigenvalue weighted by Gasteiger charge is 2.30. The smallest absolute Gasteiger partial charge is 0.271 e. The van der Waals surface area contributed by atoms with E-state index in [2.05, 4.69) is 5.32 Å². The molecular formula is C19H23N3O6S. The van der Waals surface area contributed by atoms with Crippen LogP contribution in [0.3, 0.4) is 0 Å². The molecule has 0 saturated carbocycles. The normalized spacial score (nSPS) is 12.1. The lowest BCUT2D eigenvalue weighted by molar-refractivity contribution is -0.384. The van der Waals surface area contributed by atoms with Crippen molar-refractivity contribution in [3.05, 3.63) is 58.1 Å². The number of hydrogen-bond acceptors (Lipinski definition) is 6. The first kappa shape index (κ1) is 22.2. The molecule has 2 aromatic carbocycles. The number of carbonyl (C=O) groups is 1. The molecule has 0 aliphatic heterocycles. The maximum absolute atomic E-state index is 12.8. The average molecular weight is 421 g/mol. The number of nitrogens with zero attached hydrogens (tertiary/aromatic N) is 2. The molecule has 29 heavy (non-hydrogen) atoms. The predicted molar refractivity (Wildman–Crippen MR) is 111 cm³/mol. The molecule has 0 bridgehead atoms. The molecule has 2 aromatic rings. The number of ether oxygens (including phenoxy) is 1. The molecule has 0 aromatic heterocycles. The van der Waals surface area contributed by atoms with E-state index in [4.69, 9.17) is 4.74 Å². The van der Waals surface area contributed by atoms with Crippen LogP contribution in [-0.2, 0) is 21.2 Å². The van der Waals surface area contributed by atoms with Gasteiger partial charge in [0.2, 0.25) is 15.9 Å². The zero-order valence-corrected chi connectivity index (χ0v) is 17.4. The maximum atomic E-state index is 12.8. The highest BCUT2D eigenvalue weighted by Crippen LogP contribution is 2.30. The number of carbonyl (C=O) groups excluding carboxylic acids is 1. The molecular weight excluding hydrogens is 398 g/mol. The largest absolute Gasteiger partial charge is 0.495 e. The van der Waals surface area contributed by atoms with Gasteiger partial charge in [0.1, 0.15) is 11.8 Å². The zero-order chi connectivity index (χ0) is 21.8. The third-order valence-corrected chi connectivity index (χ3v) is 5.58. The van der Waals surface area contributed by atoms with Gasteiger partial charge in [0, 0.05) is 12.1 Å². The van der Waals surface area contributed by atoms with Crippen LogP contribution in [0.2, 0.25) is 0 Å². The van der Waals surface area contributed by atoms with Crippen molar-refractivity contribution >= 4 is 33.0 Å². The molecule has 2 rings (SSSR count). The van der Waals surface area contributed by atoms with Crippen molar-refractivity contribution in [2.75, 3.05) is 23.0 Å². The summed E-state index contributed by atoms with van der Waals surface area (Å²) in [5.41, 5.74) is 1.22. The Morgan fingerprint density at radius 1 is 1.24 bits per heavy atom. The van der Waals surface area contributed by atoms with Crippen molar-refractivity contribution in [1.29, 1.82) is 0 Å². The van der Waals surface area contributed by atoms with Crippen molar-refractivity contribution in [3.63, 3.8) is 0 Å². The van der Waals surface area contributed by atoms with Gasteiger partial charge in [-0.1, -0.05) is 19.1 Å². The maximum Gasteiger partial charge on any atom is 0.271 e. The molecule has 0 heterocycles. The summed E-state index contributed by atoms with van der Waals surface area (Å²) in [5, 5.41) is 13.5. The molecule has 0 spiro atoms. The zero-order valence-electron chi connectivity index (χ0n) is 16.6. The molecule has 1 amide bonds. The van der Waals surface area contributed by atoms with Crippen molar-refractivity contribution in [1.82, 2.24) is 0 Å². The highest BCUT2D eigenvalue weighted by molar-refractivity contribution is 7.92. The second kappa shape index (κ2) is 8.91. The Kier molecular flexibility index (Phi) is 6.80. The molecule has 0 aliphatic rings. The van der Waals surface area contributed by atoms with E-state index in [1.165, 1.54) is 26.2 Å². The van der Waals surface area contributed by atoms with E-state index in [0.717, 1.165) is 28.6 Å². The van der Waals surface area contributed by atoms with Crippen LogP contribution in [0.25, 0.3) is 0 Å². The summed E-state index contributed by atoms with van der Waals surface area (Å²) < 4.78 is 30.9. The van der Waals surface area contributed by atoms with Gasteiger partial charge in [-0.05, 0) is 37.1 Å². The van der Waals surface area contributed by atoms with E-state index in [-0.39, 0.29) is 17.1 Å². The Bertz CT molecular complexity index is 1010. The summed E-state index contributed by atoms with van der Waals surface area (Å²) in [6, 6.07) is 9.51. The topological polar surface area (TPSA) is 119 Å². The van der Waals surface area contributed by atoms with Crippen LogP contribution in [0.1, 0.15) is 19.4 Å². The number of nitrogens with one attached hydrogen (secondary N) is 1. The van der Waals surface area contributed by atoms with Crippen molar-refractivity contribution in [3.8, 4) is 5.75 Å². The summed E-state index contributed by atoms with van der Waals surface area (Å²) in [5.74, 6) is -0.442. The summed E-state index contributed by atoms with van der Waals surface area (Å²) in [4.78, 5) is 23.2. The SMILES string of the molecule is CCc1ccc(N([C@@H](C)C(=O)Nc2cc([N+](=O)[O-])ccc2OC)S(C)(=O)=O)cc1. The van der Waals surface area contributed by atoms with E-state index in [1.54, 1.807) is 24.3 Å². The molecule has 0 radical (unpaired) electrons. The molecule has 156 valence electrons. The third kappa shape index (κ3) is 5.23. The Hall–Kier alpha value is -3.14. The van der Waals surface area contributed by atoms with Gasteiger partial charge in [0.15, 0.2) is 0 Å². The molecule has 9 nitrogen and oxygen atoms in total. The van der Waals surface area contributed by atoms with Crippen LogP contribution in [-0.4, -0.2) is 38.7 Å². The first-order valence-electron chi connectivity index (χ1n) is 8.80. The monoisotopic (exact) mass is 421 g/mol.